The van der Waals surface area contributed by atoms with Gasteiger partial charge in [0.05, 0.1) is 10.3 Å². The molecule has 0 aliphatic heterocycles. The highest BCUT2D eigenvalue weighted by molar-refractivity contribution is 7.16. The summed E-state index contributed by atoms with van der Waals surface area (Å²) in [5.41, 5.74) is 0.812. The van der Waals surface area contributed by atoms with Crippen molar-refractivity contribution in [3.63, 3.8) is 0 Å². The van der Waals surface area contributed by atoms with E-state index in [0.29, 0.717) is 10.3 Å². The van der Waals surface area contributed by atoms with Crippen LogP contribution in [0.2, 0.25) is 4.34 Å². The largest absolute Gasteiger partial charge is 0.294 e. The van der Waals surface area contributed by atoms with Gasteiger partial charge in [0.15, 0.2) is 0 Å². The maximum Gasteiger partial charge on any atom is 0.234 e. The highest BCUT2D eigenvalue weighted by atomic mass is 35.5. The molecule has 2 heterocycles. The molecule has 94 valence electrons. The average molecular weight is 282 g/mol. The maximum atomic E-state index is 12.0. The number of nitrogens with zero attached hydrogens (tertiary/aromatic N) is 2. The van der Waals surface area contributed by atoms with Gasteiger partial charge in [0.1, 0.15) is 0 Å². The van der Waals surface area contributed by atoms with Gasteiger partial charge in [0, 0.05) is 16.8 Å². The molecule has 0 fully saturated rings. The summed E-state index contributed by atoms with van der Waals surface area (Å²) in [5.74, 6) is -0.0831. The number of anilines is 1. The first-order valence-corrected chi connectivity index (χ1v) is 6.61. The van der Waals surface area contributed by atoms with E-state index in [9.17, 15) is 4.79 Å². The van der Waals surface area contributed by atoms with Crippen molar-refractivity contribution in [1.82, 2.24) is 9.97 Å². The molecule has 1 unspecified atom stereocenters. The summed E-state index contributed by atoms with van der Waals surface area (Å²) >= 11 is 7.25. The summed E-state index contributed by atoms with van der Waals surface area (Å²) in [6.07, 6.45) is 1.62. The van der Waals surface area contributed by atoms with Crippen molar-refractivity contribution in [1.29, 1.82) is 0 Å². The first kappa shape index (κ1) is 13.0. The number of rotatable bonds is 3. The molecule has 0 aliphatic rings. The number of nitrogens with one attached hydrogen (secondary N) is 1. The molecule has 0 aromatic carbocycles. The Morgan fingerprint density at radius 2 is 2.22 bits per heavy atom. The lowest BCUT2D eigenvalue weighted by atomic mass is 10.1. The van der Waals surface area contributed by atoms with Crippen molar-refractivity contribution in [2.75, 3.05) is 5.32 Å². The Hall–Kier alpha value is -1.46. The number of aryl methyl sites for hydroxylation is 1. The van der Waals surface area contributed by atoms with Gasteiger partial charge in [0.25, 0.3) is 0 Å². The Labute approximate surface area is 114 Å². The molecule has 0 aliphatic carbocycles. The van der Waals surface area contributed by atoms with Crippen molar-refractivity contribution < 1.29 is 4.79 Å². The van der Waals surface area contributed by atoms with Crippen molar-refractivity contribution in [3.8, 4) is 0 Å². The fourth-order valence-corrected chi connectivity index (χ4v) is 2.53. The van der Waals surface area contributed by atoms with Gasteiger partial charge in [-0.25, -0.2) is 9.97 Å². The van der Waals surface area contributed by atoms with Gasteiger partial charge in [-0.2, -0.15) is 0 Å². The van der Waals surface area contributed by atoms with Crippen LogP contribution < -0.4 is 5.32 Å². The minimum absolute atomic E-state index is 0.140. The van der Waals surface area contributed by atoms with Crippen LogP contribution in [0.3, 0.4) is 0 Å². The second-order valence-electron chi connectivity index (χ2n) is 3.87. The van der Waals surface area contributed by atoms with Crippen molar-refractivity contribution in [2.24, 2.45) is 0 Å². The van der Waals surface area contributed by atoms with Gasteiger partial charge in [-0.15, -0.1) is 11.3 Å². The Bertz CT molecular complexity index is 570. The molecule has 1 atom stereocenters. The minimum Gasteiger partial charge on any atom is -0.294 e. The van der Waals surface area contributed by atoms with Gasteiger partial charge in [-0.1, -0.05) is 11.6 Å². The Kier molecular flexibility index (Phi) is 3.93. The minimum atomic E-state index is -0.272. The van der Waals surface area contributed by atoms with E-state index in [-0.39, 0.29) is 11.8 Å². The summed E-state index contributed by atoms with van der Waals surface area (Å²) in [6, 6.07) is 5.42. The quantitative estimate of drug-likeness (QED) is 0.940. The van der Waals surface area contributed by atoms with E-state index >= 15 is 0 Å². The molecule has 0 radical (unpaired) electrons. The highest BCUT2D eigenvalue weighted by Crippen LogP contribution is 2.28. The number of hydrogen-bond acceptors (Lipinski definition) is 4. The van der Waals surface area contributed by atoms with Crippen LogP contribution in [0.5, 0.6) is 0 Å². The van der Waals surface area contributed by atoms with Crippen molar-refractivity contribution in [2.45, 2.75) is 19.8 Å². The molecule has 4 nitrogen and oxygen atoms in total. The molecule has 1 N–H and O–H groups in total. The Morgan fingerprint density at radius 3 is 2.83 bits per heavy atom. The van der Waals surface area contributed by atoms with E-state index in [0.717, 1.165) is 10.6 Å². The molecule has 2 aromatic rings. The van der Waals surface area contributed by atoms with Crippen LogP contribution in [0.1, 0.15) is 23.4 Å². The lowest BCUT2D eigenvalue weighted by molar-refractivity contribution is -0.117. The number of thiophene rings is 1. The standard InChI is InChI=1S/C12H12ClN3OS/c1-7-5-6-14-12(15-7)16-11(17)8(2)9-3-4-10(13)18-9/h3-6,8H,1-2H3,(H,14,15,16,17). The maximum absolute atomic E-state index is 12.0. The predicted molar refractivity (Wildman–Crippen MR) is 73.1 cm³/mol. The zero-order valence-electron chi connectivity index (χ0n) is 9.98. The summed E-state index contributed by atoms with van der Waals surface area (Å²) in [4.78, 5) is 21.1. The van der Waals surface area contributed by atoms with E-state index in [1.165, 1.54) is 11.3 Å². The average Bonchev–Trinajstić information content (AvgIpc) is 2.75. The molecule has 0 saturated carbocycles. The van der Waals surface area contributed by atoms with Crippen LogP contribution in [0.15, 0.2) is 24.4 Å². The van der Waals surface area contributed by atoms with Crippen LogP contribution in [0, 0.1) is 6.92 Å². The van der Waals surface area contributed by atoms with Crippen molar-refractivity contribution in [3.05, 3.63) is 39.3 Å². The monoisotopic (exact) mass is 281 g/mol. The first-order chi connectivity index (χ1) is 8.56. The summed E-state index contributed by atoms with van der Waals surface area (Å²) in [5, 5.41) is 2.69. The molecule has 1 amide bonds. The molecule has 0 saturated heterocycles. The van der Waals surface area contributed by atoms with Gasteiger partial charge >= 0.3 is 0 Å². The predicted octanol–water partition coefficient (Wildman–Crippen LogP) is 3.24. The van der Waals surface area contributed by atoms with E-state index in [1.807, 2.05) is 19.9 Å². The third-order valence-electron chi connectivity index (χ3n) is 2.44. The van der Waals surface area contributed by atoms with E-state index in [2.05, 4.69) is 15.3 Å². The number of hydrogen-bond donors (Lipinski definition) is 1. The smallest absolute Gasteiger partial charge is 0.234 e. The Balaban J connectivity index is 2.08. The van der Waals surface area contributed by atoms with Gasteiger partial charge < -0.3 is 0 Å². The van der Waals surface area contributed by atoms with Crippen LogP contribution in [-0.2, 0) is 4.79 Å². The molecule has 0 bridgehead atoms. The van der Waals surface area contributed by atoms with Gasteiger partial charge in [0.2, 0.25) is 11.9 Å². The summed E-state index contributed by atoms with van der Waals surface area (Å²) in [6.45, 7) is 3.67. The third kappa shape index (κ3) is 3.05. The number of carbonyl (C=O) groups excluding carboxylic acids is 1. The topological polar surface area (TPSA) is 54.9 Å². The number of halogens is 1. The fourth-order valence-electron chi connectivity index (χ4n) is 1.42. The molecule has 2 aromatic heterocycles. The highest BCUT2D eigenvalue weighted by Gasteiger charge is 2.18. The molecule has 18 heavy (non-hydrogen) atoms. The SMILES string of the molecule is Cc1ccnc(NC(=O)C(C)c2ccc(Cl)s2)n1. The zero-order chi connectivity index (χ0) is 13.1. The van der Waals surface area contributed by atoms with E-state index < -0.39 is 0 Å². The van der Waals surface area contributed by atoms with Crippen LogP contribution in [0.25, 0.3) is 0 Å². The second kappa shape index (κ2) is 5.46. The van der Waals surface area contributed by atoms with Crippen LogP contribution in [0.4, 0.5) is 5.95 Å². The normalized spacial score (nSPS) is 12.2. The molecule has 2 rings (SSSR count). The Morgan fingerprint density at radius 1 is 1.44 bits per heavy atom. The fraction of sp³-hybridized carbons (Fsp3) is 0.250. The van der Waals surface area contributed by atoms with E-state index in [4.69, 9.17) is 11.6 Å². The lowest BCUT2D eigenvalue weighted by Crippen LogP contribution is -2.19. The first-order valence-electron chi connectivity index (χ1n) is 5.42. The number of carbonyl (C=O) groups is 1. The third-order valence-corrected chi connectivity index (χ3v) is 3.86. The molecule has 0 spiro atoms. The lowest BCUT2D eigenvalue weighted by Gasteiger charge is -2.09. The van der Waals surface area contributed by atoms with Crippen LogP contribution >= 0.6 is 22.9 Å². The van der Waals surface area contributed by atoms with Gasteiger partial charge in [-0.05, 0) is 32.0 Å². The number of amides is 1. The molecule has 6 heteroatoms. The van der Waals surface area contributed by atoms with Gasteiger partial charge in [-0.3, -0.25) is 10.1 Å². The zero-order valence-corrected chi connectivity index (χ0v) is 11.5. The molecular formula is C12H12ClN3OS. The second-order valence-corrected chi connectivity index (χ2v) is 5.62. The van der Waals surface area contributed by atoms with Crippen molar-refractivity contribution >= 4 is 34.8 Å². The number of aromatic nitrogens is 2. The summed E-state index contributed by atoms with van der Waals surface area (Å²) in [7, 11) is 0. The van der Waals surface area contributed by atoms with E-state index in [1.54, 1.807) is 18.3 Å². The summed E-state index contributed by atoms with van der Waals surface area (Å²) < 4.78 is 0.677. The van der Waals surface area contributed by atoms with Crippen LogP contribution in [-0.4, -0.2) is 15.9 Å². The molecular weight excluding hydrogens is 270 g/mol.